The summed E-state index contributed by atoms with van der Waals surface area (Å²) in [6, 6.07) is 0.147. The highest BCUT2D eigenvalue weighted by Crippen LogP contribution is 2.23. The molecule has 0 spiro atoms. The van der Waals surface area contributed by atoms with E-state index in [2.05, 4.69) is 21.9 Å². The summed E-state index contributed by atoms with van der Waals surface area (Å²) in [6.07, 6.45) is 5.21. The fraction of sp³-hybridized carbons (Fsp3) is 0.692. The van der Waals surface area contributed by atoms with Gasteiger partial charge in [0.2, 0.25) is 0 Å². The van der Waals surface area contributed by atoms with Crippen LogP contribution in [0.25, 0.3) is 0 Å². The van der Waals surface area contributed by atoms with E-state index < -0.39 is 0 Å². The molecule has 0 aromatic carbocycles. The molecule has 2 atom stereocenters. The van der Waals surface area contributed by atoms with Crippen molar-refractivity contribution in [1.29, 1.82) is 0 Å². The highest BCUT2D eigenvalue weighted by atomic mass is 16.5. The summed E-state index contributed by atoms with van der Waals surface area (Å²) < 4.78 is 5.49. The Morgan fingerprint density at radius 2 is 2.42 bits per heavy atom. The number of aromatic amines is 1. The molecule has 1 N–H and O–H groups in total. The van der Waals surface area contributed by atoms with E-state index in [9.17, 15) is 4.79 Å². The van der Waals surface area contributed by atoms with Gasteiger partial charge in [-0.1, -0.05) is 0 Å². The molecule has 19 heavy (non-hydrogen) atoms. The van der Waals surface area contributed by atoms with Gasteiger partial charge in [-0.3, -0.25) is 9.69 Å². The third-order valence-corrected chi connectivity index (χ3v) is 4.00. The van der Waals surface area contributed by atoms with Gasteiger partial charge in [-0.2, -0.15) is 0 Å². The third kappa shape index (κ3) is 2.50. The van der Waals surface area contributed by atoms with Crippen LogP contribution < -0.4 is 0 Å². The van der Waals surface area contributed by atoms with Gasteiger partial charge in [0, 0.05) is 38.6 Å². The van der Waals surface area contributed by atoms with Gasteiger partial charge >= 0.3 is 0 Å². The Labute approximate surface area is 112 Å². The first-order valence-corrected chi connectivity index (χ1v) is 6.85. The predicted molar refractivity (Wildman–Crippen MR) is 69.5 cm³/mol. The first-order valence-electron chi connectivity index (χ1n) is 6.85. The molecule has 0 radical (unpaired) electrons. The van der Waals surface area contributed by atoms with Gasteiger partial charge in [0.05, 0.1) is 6.04 Å². The molecule has 3 rings (SSSR count). The number of ether oxygens (including phenoxy) is 1. The van der Waals surface area contributed by atoms with Crippen molar-refractivity contribution >= 4 is 5.91 Å². The second-order valence-corrected chi connectivity index (χ2v) is 5.26. The van der Waals surface area contributed by atoms with Gasteiger partial charge in [0.15, 0.2) is 0 Å². The fourth-order valence-corrected chi connectivity index (χ4v) is 2.80. The van der Waals surface area contributed by atoms with E-state index in [0.717, 1.165) is 31.8 Å². The number of nitrogens with zero attached hydrogens (tertiary/aromatic N) is 3. The smallest absolute Gasteiger partial charge is 0.251 e. The lowest BCUT2D eigenvalue weighted by molar-refractivity contribution is -0.143. The Kier molecular flexibility index (Phi) is 3.52. The molecule has 2 saturated heterocycles. The predicted octanol–water partition coefficient (Wildman–Crippen LogP) is 0.404. The Morgan fingerprint density at radius 1 is 1.53 bits per heavy atom. The number of nitrogens with one attached hydrogen (secondary N) is 1. The Balaban J connectivity index is 1.69. The lowest BCUT2D eigenvalue weighted by atomic mass is 10.1. The van der Waals surface area contributed by atoms with Crippen LogP contribution in [0.2, 0.25) is 0 Å². The molecule has 2 aliphatic heterocycles. The minimum Gasteiger partial charge on any atom is -0.368 e. The Hall–Kier alpha value is -1.40. The number of carbonyl (C=O) groups excluding carboxylic acids is 1. The Bertz CT molecular complexity index is 428. The van der Waals surface area contributed by atoms with Crippen molar-refractivity contribution in [2.75, 3.05) is 33.3 Å². The number of H-pyrrole nitrogens is 1. The summed E-state index contributed by atoms with van der Waals surface area (Å²) in [5.41, 5.74) is 0. The van der Waals surface area contributed by atoms with Crippen LogP contribution in [-0.2, 0) is 9.53 Å². The molecule has 2 aliphatic rings. The normalized spacial score (nSPS) is 28.8. The zero-order chi connectivity index (χ0) is 13.2. The van der Waals surface area contributed by atoms with Crippen molar-refractivity contribution in [2.24, 2.45) is 0 Å². The van der Waals surface area contributed by atoms with E-state index in [-0.39, 0.29) is 18.1 Å². The first-order chi connectivity index (χ1) is 9.25. The van der Waals surface area contributed by atoms with Gasteiger partial charge in [-0.15, -0.1) is 0 Å². The second kappa shape index (κ2) is 5.30. The van der Waals surface area contributed by atoms with Crippen molar-refractivity contribution in [2.45, 2.75) is 25.0 Å². The highest BCUT2D eigenvalue weighted by Gasteiger charge is 2.34. The third-order valence-electron chi connectivity index (χ3n) is 4.00. The molecule has 1 aromatic rings. The van der Waals surface area contributed by atoms with Crippen molar-refractivity contribution in [3.8, 4) is 0 Å². The maximum Gasteiger partial charge on any atom is 0.251 e. The molecule has 3 heterocycles. The number of amides is 1. The maximum atomic E-state index is 12.4. The maximum absolute atomic E-state index is 12.4. The summed E-state index contributed by atoms with van der Waals surface area (Å²) in [6.45, 7) is 3.03. The largest absolute Gasteiger partial charge is 0.368 e. The van der Waals surface area contributed by atoms with Gasteiger partial charge < -0.3 is 14.6 Å². The SMILES string of the molecule is CN1CCN(C(=O)[C@@H]2CCCO2)C[C@@H]1c1ncc[nH]1. The number of rotatable bonds is 2. The standard InChI is InChI=1S/C13H20N4O2/c1-16-6-7-17(13(18)11-3-2-8-19-11)9-10(16)12-14-4-5-15-12/h4-5,10-11H,2-3,6-9H2,1H3,(H,14,15)/t10-,11+/m1/s1. The number of piperazine rings is 1. The fourth-order valence-electron chi connectivity index (χ4n) is 2.80. The number of imidazole rings is 1. The van der Waals surface area contributed by atoms with E-state index >= 15 is 0 Å². The molecule has 0 saturated carbocycles. The molecule has 0 aliphatic carbocycles. The lowest BCUT2D eigenvalue weighted by Crippen LogP contribution is -2.51. The van der Waals surface area contributed by atoms with Crippen LogP contribution in [0.1, 0.15) is 24.7 Å². The molecule has 6 nitrogen and oxygen atoms in total. The Morgan fingerprint density at radius 3 is 3.11 bits per heavy atom. The molecule has 104 valence electrons. The van der Waals surface area contributed by atoms with E-state index in [1.165, 1.54) is 0 Å². The summed E-state index contributed by atoms with van der Waals surface area (Å²) in [5.74, 6) is 1.06. The molecular formula is C13H20N4O2. The molecule has 6 heteroatoms. The quantitative estimate of drug-likeness (QED) is 0.840. The van der Waals surface area contributed by atoms with Crippen LogP contribution in [0.15, 0.2) is 12.4 Å². The van der Waals surface area contributed by atoms with Crippen LogP contribution in [-0.4, -0.2) is 65.1 Å². The van der Waals surface area contributed by atoms with E-state index in [1.54, 1.807) is 6.20 Å². The van der Waals surface area contributed by atoms with E-state index in [0.29, 0.717) is 13.2 Å². The zero-order valence-electron chi connectivity index (χ0n) is 11.2. The van der Waals surface area contributed by atoms with Gasteiger partial charge in [-0.05, 0) is 19.9 Å². The van der Waals surface area contributed by atoms with Crippen LogP contribution in [0.3, 0.4) is 0 Å². The molecular weight excluding hydrogens is 244 g/mol. The van der Waals surface area contributed by atoms with Crippen LogP contribution in [0.4, 0.5) is 0 Å². The number of aromatic nitrogens is 2. The van der Waals surface area contributed by atoms with Crippen molar-refractivity contribution in [3.63, 3.8) is 0 Å². The number of likely N-dealkylation sites (N-methyl/N-ethyl adjacent to an activating group) is 1. The molecule has 0 bridgehead atoms. The minimum absolute atomic E-state index is 0.141. The lowest BCUT2D eigenvalue weighted by Gasteiger charge is -2.39. The monoisotopic (exact) mass is 264 g/mol. The summed E-state index contributed by atoms with van der Waals surface area (Å²) in [7, 11) is 2.07. The summed E-state index contributed by atoms with van der Waals surface area (Å²) in [5, 5.41) is 0. The highest BCUT2D eigenvalue weighted by molar-refractivity contribution is 5.81. The molecule has 0 unspecified atom stereocenters. The summed E-state index contributed by atoms with van der Waals surface area (Å²) in [4.78, 5) is 24.0. The van der Waals surface area contributed by atoms with Crippen molar-refractivity contribution in [3.05, 3.63) is 18.2 Å². The second-order valence-electron chi connectivity index (χ2n) is 5.26. The average molecular weight is 264 g/mol. The molecule has 1 aromatic heterocycles. The first kappa shape index (κ1) is 12.6. The van der Waals surface area contributed by atoms with Gasteiger partial charge in [0.1, 0.15) is 11.9 Å². The van der Waals surface area contributed by atoms with Crippen LogP contribution in [0, 0.1) is 0 Å². The van der Waals surface area contributed by atoms with E-state index in [1.807, 2.05) is 11.1 Å². The number of hydrogen-bond acceptors (Lipinski definition) is 4. The molecule has 1 amide bonds. The van der Waals surface area contributed by atoms with Gasteiger partial charge in [0.25, 0.3) is 5.91 Å². The van der Waals surface area contributed by atoms with Gasteiger partial charge in [-0.25, -0.2) is 4.98 Å². The molecule has 2 fully saturated rings. The van der Waals surface area contributed by atoms with Crippen molar-refractivity contribution < 1.29 is 9.53 Å². The van der Waals surface area contributed by atoms with Crippen LogP contribution >= 0.6 is 0 Å². The van der Waals surface area contributed by atoms with Crippen molar-refractivity contribution in [1.82, 2.24) is 19.8 Å². The van der Waals surface area contributed by atoms with Crippen LogP contribution in [0.5, 0.6) is 0 Å². The van der Waals surface area contributed by atoms with E-state index in [4.69, 9.17) is 4.74 Å². The summed E-state index contributed by atoms with van der Waals surface area (Å²) >= 11 is 0. The topological polar surface area (TPSA) is 61.5 Å². The zero-order valence-corrected chi connectivity index (χ0v) is 11.2. The average Bonchev–Trinajstić information content (AvgIpc) is 3.12. The number of carbonyl (C=O) groups is 1. The number of hydrogen-bond donors (Lipinski definition) is 1. The minimum atomic E-state index is -0.222.